The summed E-state index contributed by atoms with van der Waals surface area (Å²) in [5.41, 5.74) is 5.51. The van der Waals surface area contributed by atoms with Gasteiger partial charge in [-0.2, -0.15) is 0 Å². The second-order valence-corrected chi connectivity index (χ2v) is 12.4. The summed E-state index contributed by atoms with van der Waals surface area (Å²) in [5.74, 6) is 0.921. The van der Waals surface area contributed by atoms with Gasteiger partial charge in [0.15, 0.2) is 5.78 Å². The maximum absolute atomic E-state index is 13.0. The number of fused-ring (bicyclic) bond motifs is 1. The summed E-state index contributed by atoms with van der Waals surface area (Å²) < 4.78 is 7.61. The highest BCUT2D eigenvalue weighted by Gasteiger charge is 2.41. The Bertz CT molecular complexity index is 1540. The van der Waals surface area contributed by atoms with Crippen LogP contribution in [-0.4, -0.2) is 26.9 Å². The van der Waals surface area contributed by atoms with Crippen molar-refractivity contribution < 1.29 is 14.3 Å². The van der Waals surface area contributed by atoms with E-state index in [2.05, 4.69) is 46.1 Å². The van der Waals surface area contributed by atoms with Gasteiger partial charge in [0, 0.05) is 29.3 Å². The molecule has 4 aromatic rings. The average molecular weight is 536 g/mol. The van der Waals surface area contributed by atoms with E-state index >= 15 is 0 Å². The first kappa shape index (κ1) is 26.3. The molecule has 206 valence electrons. The number of nitrogens with zero attached hydrogens (tertiary/aromatic N) is 2. The van der Waals surface area contributed by atoms with Crippen molar-refractivity contribution in [1.82, 2.24) is 14.7 Å². The molecule has 0 radical (unpaired) electrons. The molecule has 2 aliphatic carbocycles. The predicted molar refractivity (Wildman–Crippen MR) is 157 cm³/mol. The first-order valence-electron chi connectivity index (χ1n) is 14.4. The summed E-state index contributed by atoms with van der Waals surface area (Å²) in [7, 11) is 0. The number of hydrogen-bond donors (Lipinski definition) is 1. The quantitative estimate of drug-likeness (QED) is 0.232. The summed E-state index contributed by atoms with van der Waals surface area (Å²) in [6.07, 6.45) is 8.48. The topological polar surface area (TPSA) is 72.7 Å². The second-order valence-electron chi connectivity index (χ2n) is 12.4. The third-order valence-electron chi connectivity index (χ3n) is 8.12. The second kappa shape index (κ2) is 10.2. The van der Waals surface area contributed by atoms with Crippen molar-refractivity contribution in [2.45, 2.75) is 76.9 Å². The van der Waals surface area contributed by atoms with Crippen molar-refractivity contribution in [3.8, 4) is 22.5 Å². The third kappa shape index (κ3) is 5.40. The van der Waals surface area contributed by atoms with Crippen LogP contribution in [0.1, 0.15) is 81.6 Å². The first-order valence-corrected chi connectivity index (χ1v) is 14.4. The Kier molecular flexibility index (Phi) is 6.73. The van der Waals surface area contributed by atoms with Gasteiger partial charge in [0.2, 0.25) is 0 Å². The van der Waals surface area contributed by atoms with Crippen LogP contribution in [0.5, 0.6) is 0 Å². The Morgan fingerprint density at radius 3 is 2.33 bits per heavy atom. The summed E-state index contributed by atoms with van der Waals surface area (Å²) in [6, 6.07) is 22.4. The van der Waals surface area contributed by atoms with E-state index in [0.717, 1.165) is 70.9 Å². The number of nitrogens with one attached hydrogen (secondary N) is 1. The molecule has 2 heterocycles. The van der Waals surface area contributed by atoms with Crippen LogP contribution < -0.4 is 5.32 Å². The number of rotatable bonds is 8. The van der Waals surface area contributed by atoms with E-state index < -0.39 is 11.1 Å². The van der Waals surface area contributed by atoms with Gasteiger partial charge in [-0.3, -0.25) is 9.20 Å². The lowest BCUT2D eigenvalue weighted by molar-refractivity contribution is 0.0377. The fourth-order valence-corrected chi connectivity index (χ4v) is 5.63. The van der Waals surface area contributed by atoms with E-state index in [4.69, 9.17) is 9.72 Å². The zero-order chi connectivity index (χ0) is 27.9. The summed E-state index contributed by atoms with van der Waals surface area (Å²) >= 11 is 0. The normalized spacial score (nSPS) is 16.4. The Labute approximate surface area is 235 Å². The van der Waals surface area contributed by atoms with Crippen LogP contribution in [0.15, 0.2) is 72.9 Å². The predicted octanol–water partition coefficient (Wildman–Crippen LogP) is 7.95. The molecule has 2 aliphatic rings. The zero-order valence-corrected chi connectivity index (χ0v) is 23.6. The van der Waals surface area contributed by atoms with E-state index in [-0.39, 0.29) is 11.9 Å². The minimum Gasteiger partial charge on any atom is -0.444 e. The van der Waals surface area contributed by atoms with Crippen LogP contribution in [-0.2, 0) is 10.3 Å². The van der Waals surface area contributed by atoms with Crippen molar-refractivity contribution in [2.75, 3.05) is 0 Å². The van der Waals surface area contributed by atoms with Crippen molar-refractivity contribution in [3.63, 3.8) is 0 Å². The van der Waals surface area contributed by atoms with E-state index in [0.29, 0.717) is 6.42 Å². The number of alkyl carbamates (subject to hydrolysis) is 1. The lowest BCUT2D eigenvalue weighted by Crippen LogP contribution is -2.52. The molecule has 1 amide bonds. The third-order valence-corrected chi connectivity index (χ3v) is 8.12. The number of ketones is 1. The number of ether oxygens (including phenoxy) is 1. The van der Waals surface area contributed by atoms with Crippen LogP contribution in [0, 0.1) is 5.92 Å². The molecular formula is C34H37N3O3. The van der Waals surface area contributed by atoms with E-state index in [9.17, 15) is 9.59 Å². The maximum atomic E-state index is 13.0. The molecule has 0 spiro atoms. The summed E-state index contributed by atoms with van der Waals surface area (Å²) in [6.45, 7) is 5.63. The van der Waals surface area contributed by atoms with E-state index in [1.165, 1.54) is 12.8 Å². The average Bonchev–Trinajstić information content (AvgIpc) is 3.67. The van der Waals surface area contributed by atoms with E-state index in [1.54, 1.807) is 0 Å². The minimum absolute atomic E-state index is 0.190. The number of hydrogen-bond acceptors (Lipinski definition) is 4. The van der Waals surface area contributed by atoms with Crippen molar-refractivity contribution in [3.05, 3.63) is 84.1 Å². The zero-order valence-electron chi connectivity index (χ0n) is 23.6. The number of pyridine rings is 1. The van der Waals surface area contributed by atoms with Crippen molar-refractivity contribution in [1.29, 1.82) is 0 Å². The van der Waals surface area contributed by atoms with Gasteiger partial charge in [-0.25, -0.2) is 9.78 Å². The van der Waals surface area contributed by atoms with Crippen molar-refractivity contribution >= 4 is 17.5 Å². The van der Waals surface area contributed by atoms with Gasteiger partial charge < -0.3 is 10.1 Å². The highest BCUT2D eigenvalue weighted by molar-refractivity contribution is 5.96. The fraction of sp³-hybridized carbons (Fsp3) is 0.382. The first-order chi connectivity index (χ1) is 19.2. The molecule has 0 aliphatic heterocycles. The lowest BCUT2D eigenvalue weighted by Gasteiger charge is -2.43. The highest BCUT2D eigenvalue weighted by Crippen LogP contribution is 2.42. The number of carbonyl (C=O) groups excluding carboxylic acids is 2. The molecule has 0 bridgehead atoms. The molecule has 2 aromatic carbocycles. The molecule has 0 unspecified atom stereocenters. The van der Waals surface area contributed by atoms with Crippen LogP contribution in [0.3, 0.4) is 0 Å². The highest BCUT2D eigenvalue weighted by atomic mass is 16.6. The van der Waals surface area contributed by atoms with Crippen LogP contribution in [0.2, 0.25) is 0 Å². The summed E-state index contributed by atoms with van der Waals surface area (Å²) in [4.78, 5) is 30.6. The SMILES string of the molecule is CC(C)(C)OC(=O)NC1(c2ccc(-c3nc4ccc(C(=O)CCC5CC5)cn4c3-c3ccccc3)cc2)CCC1. The fourth-order valence-electron chi connectivity index (χ4n) is 5.63. The Balaban J connectivity index is 1.34. The summed E-state index contributed by atoms with van der Waals surface area (Å²) in [5, 5.41) is 3.15. The molecule has 40 heavy (non-hydrogen) atoms. The molecule has 6 rings (SSSR count). The largest absolute Gasteiger partial charge is 0.444 e. The van der Waals surface area contributed by atoms with Gasteiger partial charge in [0.05, 0.1) is 16.9 Å². The molecule has 2 fully saturated rings. The van der Waals surface area contributed by atoms with Gasteiger partial charge >= 0.3 is 6.09 Å². The smallest absolute Gasteiger partial charge is 0.408 e. The number of amides is 1. The van der Waals surface area contributed by atoms with Crippen LogP contribution in [0.4, 0.5) is 4.79 Å². The minimum atomic E-state index is -0.544. The number of benzene rings is 2. The molecule has 1 N–H and O–H groups in total. The lowest BCUT2D eigenvalue weighted by atomic mass is 9.71. The Hall–Kier alpha value is -3.93. The molecule has 6 heteroatoms. The van der Waals surface area contributed by atoms with Gasteiger partial charge in [-0.1, -0.05) is 67.4 Å². The Morgan fingerprint density at radius 1 is 0.975 bits per heavy atom. The van der Waals surface area contributed by atoms with E-state index in [1.807, 2.05) is 57.3 Å². The van der Waals surface area contributed by atoms with Gasteiger partial charge in [-0.15, -0.1) is 0 Å². The molecule has 6 nitrogen and oxygen atoms in total. The number of aromatic nitrogens is 2. The van der Waals surface area contributed by atoms with Gasteiger partial charge in [0.25, 0.3) is 0 Å². The molecular weight excluding hydrogens is 498 g/mol. The number of Topliss-reactive ketones (excluding diaryl/α,β-unsaturated/α-hetero) is 1. The maximum Gasteiger partial charge on any atom is 0.408 e. The number of imidazole rings is 1. The standard InChI is InChI=1S/C34H37N3O3/c1-33(2,3)40-32(39)36-34(20-7-21-34)27-16-13-24(14-17-27)30-31(25-8-5-4-6-9-25)37-22-26(15-19-29(37)35-30)28(38)18-12-23-10-11-23/h4-6,8-9,13-17,19,22-23H,7,10-12,18,20-21H2,1-3H3,(H,36,39). The Morgan fingerprint density at radius 2 is 1.70 bits per heavy atom. The van der Waals surface area contributed by atoms with Crippen molar-refractivity contribution in [2.24, 2.45) is 5.92 Å². The molecule has 0 saturated heterocycles. The monoisotopic (exact) mass is 535 g/mol. The molecule has 2 saturated carbocycles. The van der Waals surface area contributed by atoms with Gasteiger partial charge in [0.1, 0.15) is 11.2 Å². The molecule has 0 atom stereocenters. The van der Waals surface area contributed by atoms with Gasteiger partial charge in [-0.05, 0) is 70.1 Å². The van der Waals surface area contributed by atoms with Crippen LogP contribution in [0.25, 0.3) is 28.2 Å². The van der Waals surface area contributed by atoms with Crippen LogP contribution >= 0.6 is 0 Å². The molecule has 2 aromatic heterocycles. The number of carbonyl (C=O) groups is 2.